The van der Waals surface area contributed by atoms with Gasteiger partial charge >= 0.3 is 0 Å². The summed E-state index contributed by atoms with van der Waals surface area (Å²) in [7, 11) is 0. The smallest absolute Gasteiger partial charge is 0.0884 e. The van der Waals surface area contributed by atoms with Crippen molar-refractivity contribution in [1.29, 1.82) is 0 Å². The number of nitrogens with one attached hydrogen (secondary N) is 1. The van der Waals surface area contributed by atoms with E-state index in [-0.39, 0.29) is 1.43 Å². The number of aromatic amines is 1. The first kappa shape index (κ1) is 8.30. The lowest BCUT2D eigenvalue weighted by molar-refractivity contribution is 0.830. The number of hydrogen-bond donors (Lipinski definition) is 1. The van der Waals surface area contributed by atoms with E-state index >= 15 is 0 Å². The highest BCUT2D eigenvalue weighted by Gasteiger charge is 2.03. The lowest BCUT2D eigenvalue weighted by atomic mass is 10.1. The summed E-state index contributed by atoms with van der Waals surface area (Å²) >= 11 is 0. The number of aromatic nitrogens is 2. The van der Waals surface area contributed by atoms with E-state index < -0.39 is 0 Å². The molecule has 0 spiro atoms. The lowest BCUT2D eigenvalue weighted by Crippen LogP contribution is -1.90. The molecule has 0 aliphatic carbocycles. The maximum absolute atomic E-state index is 4.56. The molecule has 0 bridgehead atoms. The molecule has 0 amide bonds. The maximum atomic E-state index is 4.56. The summed E-state index contributed by atoms with van der Waals surface area (Å²) in [4.78, 5) is 7.83. The number of rotatable bonds is 1. The fraction of sp³-hybridized carbons (Fsp3) is 0.364. The van der Waals surface area contributed by atoms with Crippen LogP contribution in [0.2, 0.25) is 0 Å². The van der Waals surface area contributed by atoms with Crippen LogP contribution < -0.4 is 0 Å². The Balaban J connectivity index is 0.000000980. The molecule has 2 rings (SSSR count). The van der Waals surface area contributed by atoms with Gasteiger partial charge in [-0.3, -0.25) is 4.98 Å². The minimum Gasteiger partial charge on any atom is -0.357 e. The molecule has 2 heteroatoms. The molecule has 0 unspecified atom stereocenters. The van der Waals surface area contributed by atoms with E-state index in [4.69, 9.17) is 0 Å². The molecule has 0 saturated heterocycles. The van der Waals surface area contributed by atoms with Crippen LogP contribution in [-0.4, -0.2) is 9.97 Å². The van der Waals surface area contributed by atoms with E-state index in [0.29, 0.717) is 5.92 Å². The van der Waals surface area contributed by atoms with Gasteiger partial charge in [0.05, 0.1) is 11.0 Å². The van der Waals surface area contributed by atoms with Crippen molar-refractivity contribution in [2.45, 2.75) is 26.7 Å². The van der Waals surface area contributed by atoms with Gasteiger partial charge in [0.15, 0.2) is 0 Å². The van der Waals surface area contributed by atoms with Gasteiger partial charge in [0, 0.05) is 12.8 Å². The fourth-order valence-electron chi connectivity index (χ4n) is 1.48. The Morgan fingerprint density at radius 1 is 1.38 bits per heavy atom. The van der Waals surface area contributed by atoms with Crippen LogP contribution in [0.1, 0.15) is 32.6 Å². The molecule has 0 fully saturated rings. The molecule has 2 nitrogen and oxygen atoms in total. The van der Waals surface area contributed by atoms with E-state index in [9.17, 15) is 0 Å². The molecule has 2 aromatic rings. The number of nitrogens with zero attached hydrogens (tertiary/aromatic N) is 1. The Morgan fingerprint density at radius 2 is 2.15 bits per heavy atom. The van der Waals surface area contributed by atoms with Crippen LogP contribution in [0.25, 0.3) is 11.0 Å². The topological polar surface area (TPSA) is 28.7 Å². The highest BCUT2D eigenvalue weighted by molar-refractivity contribution is 5.76. The average Bonchev–Trinajstić information content (AvgIpc) is 2.42. The van der Waals surface area contributed by atoms with Crippen LogP contribution in [0.15, 0.2) is 18.2 Å². The first-order valence-electron chi connectivity index (χ1n) is 4.63. The molecule has 0 aliphatic heterocycles. The van der Waals surface area contributed by atoms with Crippen molar-refractivity contribution in [3.05, 3.63) is 29.6 Å². The zero-order valence-electron chi connectivity index (χ0n) is 8.26. The summed E-state index contributed by atoms with van der Waals surface area (Å²) in [5.74, 6) is 0.500. The van der Waals surface area contributed by atoms with Crippen molar-refractivity contribution in [2.75, 3.05) is 0 Å². The van der Waals surface area contributed by atoms with E-state index in [1.165, 1.54) is 5.69 Å². The number of pyridine rings is 1. The van der Waals surface area contributed by atoms with Crippen LogP contribution in [0, 0.1) is 6.92 Å². The zero-order valence-corrected chi connectivity index (χ0v) is 8.26. The zero-order chi connectivity index (χ0) is 9.42. The van der Waals surface area contributed by atoms with Gasteiger partial charge in [0.1, 0.15) is 0 Å². The molecule has 1 N–H and O–H groups in total. The maximum Gasteiger partial charge on any atom is 0.0884 e. The first-order valence-corrected chi connectivity index (χ1v) is 4.63. The average molecular weight is 176 g/mol. The molecule has 0 aromatic carbocycles. The quantitative estimate of drug-likeness (QED) is 0.710. The molecule has 0 saturated carbocycles. The van der Waals surface area contributed by atoms with Crippen LogP contribution in [0.3, 0.4) is 0 Å². The minimum atomic E-state index is 0. The van der Waals surface area contributed by atoms with Crippen molar-refractivity contribution in [1.82, 2.24) is 9.97 Å². The monoisotopic (exact) mass is 176 g/mol. The predicted octanol–water partition coefficient (Wildman–Crippen LogP) is 3.24. The third-order valence-electron chi connectivity index (χ3n) is 2.22. The Hall–Kier alpha value is -1.31. The van der Waals surface area contributed by atoms with Crippen molar-refractivity contribution >= 4 is 11.0 Å². The van der Waals surface area contributed by atoms with Crippen LogP contribution in [0.5, 0.6) is 0 Å². The molecule has 2 aromatic heterocycles. The van der Waals surface area contributed by atoms with E-state index in [1.54, 1.807) is 0 Å². The number of aryl methyl sites for hydroxylation is 1. The lowest BCUT2D eigenvalue weighted by Gasteiger charge is -2.02. The standard InChI is InChI=1S/C11H14N2.H2/c1-7(2)9-4-5-10-11(13-9)6-8(3)12-10;/h4-7,12H,1-3H3;1H. The molecular weight excluding hydrogens is 160 g/mol. The summed E-state index contributed by atoms with van der Waals surface area (Å²) in [6, 6.07) is 6.27. The highest BCUT2D eigenvalue weighted by Crippen LogP contribution is 2.17. The molecule has 2 heterocycles. The Bertz CT molecular complexity index is 432. The predicted molar refractivity (Wildman–Crippen MR) is 57.0 cm³/mol. The van der Waals surface area contributed by atoms with Crippen molar-refractivity contribution in [3.8, 4) is 0 Å². The molecule has 70 valence electrons. The van der Waals surface area contributed by atoms with Gasteiger partial charge in [-0.15, -0.1) is 0 Å². The highest BCUT2D eigenvalue weighted by atomic mass is 14.8. The Morgan fingerprint density at radius 3 is 2.85 bits per heavy atom. The molecule has 0 radical (unpaired) electrons. The summed E-state index contributed by atoms with van der Waals surface area (Å²) in [6.07, 6.45) is 0. The van der Waals surface area contributed by atoms with Crippen molar-refractivity contribution in [2.24, 2.45) is 0 Å². The normalized spacial score (nSPS) is 11.4. The van der Waals surface area contributed by atoms with Crippen LogP contribution >= 0.6 is 0 Å². The molecule has 13 heavy (non-hydrogen) atoms. The second-order valence-corrected chi connectivity index (χ2v) is 3.78. The largest absolute Gasteiger partial charge is 0.357 e. The van der Waals surface area contributed by atoms with Gasteiger partial charge in [0.25, 0.3) is 0 Å². The van der Waals surface area contributed by atoms with Gasteiger partial charge in [-0.25, -0.2) is 0 Å². The number of fused-ring (bicyclic) bond motifs is 1. The fourth-order valence-corrected chi connectivity index (χ4v) is 1.48. The molecular formula is C11H16N2. The van der Waals surface area contributed by atoms with E-state index in [2.05, 4.69) is 48.9 Å². The SMILES string of the molecule is Cc1cc2nc(C(C)C)ccc2[nH]1.[HH]. The van der Waals surface area contributed by atoms with E-state index in [0.717, 1.165) is 16.7 Å². The van der Waals surface area contributed by atoms with Gasteiger partial charge in [-0.1, -0.05) is 13.8 Å². The van der Waals surface area contributed by atoms with Gasteiger partial charge in [-0.2, -0.15) is 0 Å². The number of hydrogen-bond acceptors (Lipinski definition) is 1. The summed E-state index contributed by atoms with van der Waals surface area (Å²) < 4.78 is 0. The van der Waals surface area contributed by atoms with Crippen molar-refractivity contribution in [3.63, 3.8) is 0 Å². The summed E-state index contributed by atoms with van der Waals surface area (Å²) in [6.45, 7) is 6.37. The third-order valence-corrected chi connectivity index (χ3v) is 2.22. The summed E-state index contributed by atoms with van der Waals surface area (Å²) in [5.41, 5.74) is 4.53. The van der Waals surface area contributed by atoms with Crippen molar-refractivity contribution < 1.29 is 1.43 Å². The first-order chi connectivity index (χ1) is 6.16. The Kier molecular flexibility index (Phi) is 1.83. The van der Waals surface area contributed by atoms with Gasteiger partial charge in [-0.05, 0) is 31.0 Å². The molecule has 0 atom stereocenters. The molecule has 0 aliphatic rings. The second kappa shape index (κ2) is 2.87. The van der Waals surface area contributed by atoms with Crippen LogP contribution in [-0.2, 0) is 0 Å². The summed E-state index contributed by atoms with van der Waals surface area (Å²) in [5, 5.41) is 0. The van der Waals surface area contributed by atoms with E-state index in [1.807, 2.05) is 0 Å². The van der Waals surface area contributed by atoms with Crippen LogP contribution in [0.4, 0.5) is 0 Å². The van der Waals surface area contributed by atoms with Gasteiger partial charge < -0.3 is 4.98 Å². The second-order valence-electron chi connectivity index (χ2n) is 3.78. The number of H-pyrrole nitrogens is 1. The van der Waals surface area contributed by atoms with Gasteiger partial charge in [0.2, 0.25) is 0 Å². The third kappa shape index (κ3) is 1.44. The Labute approximate surface area is 79.5 Å². The minimum absolute atomic E-state index is 0.